The minimum absolute atomic E-state index is 0.0250. The van der Waals surface area contributed by atoms with Crippen molar-refractivity contribution in [3.05, 3.63) is 59.7 Å². The van der Waals surface area contributed by atoms with Gasteiger partial charge in [-0.2, -0.15) is 0 Å². The summed E-state index contributed by atoms with van der Waals surface area (Å²) in [5.41, 5.74) is 4.54. The number of hydrogen-bond donors (Lipinski definition) is 2. The van der Waals surface area contributed by atoms with Crippen molar-refractivity contribution in [2.45, 2.75) is 5.92 Å². The maximum Gasteiger partial charge on any atom is 0.407 e. The van der Waals surface area contributed by atoms with Crippen molar-refractivity contribution < 1.29 is 19.4 Å². The highest BCUT2D eigenvalue weighted by Crippen LogP contribution is 2.44. The van der Waals surface area contributed by atoms with Crippen LogP contribution in [0.5, 0.6) is 0 Å². The molecule has 0 aliphatic heterocycles. The summed E-state index contributed by atoms with van der Waals surface area (Å²) in [6.45, 7) is -0.268. The molecule has 22 heavy (non-hydrogen) atoms. The van der Waals surface area contributed by atoms with Crippen LogP contribution in [-0.2, 0) is 9.53 Å². The zero-order valence-electron chi connectivity index (χ0n) is 11.8. The average Bonchev–Trinajstić information content (AvgIpc) is 2.85. The number of rotatable bonds is 4. The second kappa shape index (κ2) is 5.89. The van der Waals surface area contributed by atoms with Gasteiger partial charge >= 0.3 is 12.1 Å². The number of ether oxygens (including phenoxy) is 1. The summed E-state index contributed by atoms with van der Waals surface area (Å²) in [4.78, 5) is 22.0. The summed E-state index contributed by atoms with van der Waals surface area (Å²) in [5, 5.41) is 10.7. The standard InChI is InChI=1S/C17H15NO4/c19-16(20)9-18-17(21)22-10-15-13-7-3-1-5-11(13)12-6-2-4-8-14(12)15/h1-8,15H,9-10H2,(H,18,21)(H,19,20)/i9+1,16+1. The number of benzene rings is 2. The fourth-order valence-electron chi connectivity index (χ4n) is 2.80. The first kappa shape index (κ1) is 14.1. The van der Waals surface area contributed by atoms with Crippen LogP contribution in [0.25, 0.3) is 11.1 Å². The summed E-state index contributed by atoms with van der Waals surface area (Å²) >= 11 is 0. The molecule has 0 radical (unpaired) electrons. The van der Waals surface area contributed by atoms with E-state index in [2.05, 4.69) is 17.4 Å². The molecule has 0 aromatic heterocycles. The van der Waals surface area contributed by atoms with Crippen LogP contribution in [0, 0.1) is 0 Å². The maximum atomic E-state index is 11.5. The Hall–Kier alpha value is -2.82. The van der Waals surface area contributed by atoms with Crippen LogP contribution in [0.4, 0.5) is 4.79 Å². The first-order chi connectivity index (χ1) is 10.7. The normalized spacial score (nSPS) is 12.4. The Labute approximate surface area is 127 Å². The smallest absolute Gasteiger partial charge is 0.407 e. The molecule has 5 nitrogen and oxygen atoms in total. The summed E-state index contributed by atoms with van der Waals surface area (Å²) < 4.78 is 5.18. The molecule has 1 aliphatic carbocycles. The number of alkyl carbamates (subject to hydrolysis) is 1. The third-order valence-electron chi connectivity index (χ3n) is 3.73. The lowest BCUT2D eigenvalue weighted by Gasteiger charge is -2.14. The number of carbonyl (C=O) groups is 2. The quantitative estimate of drug-likeness (QED) is 0.851. The molecule has 2 aromatic rings. The molecule has 1 aliphatic rings. The average molecular weight is 299 g/mol. The van der Waals surface area contributed by atoms with Gasteiger partial charge < -0.3 is 15.2 Å². The summed E-state index contributed by atoms with van der Waals surface area (Å²) in [6, 6.07) is 16.1. The number of aliphatic carboxylic acids is 1. The van der Waals surface area contributed by atoms with Crippen LogP contribution in [0.2, 0.25) is 0 Å². The molecule has 0 unspecified atom stereocenters. The molecular formula is C17H15NO4. The number of carboxylic acids is 1. The van der Waals surface area contributed by atoms with Crippen molar-refractivity contribution >= 4 is 12.1 Å². The molecule has 1 amide bonds. The van der Waals surface area contributed by atoms with Crippen LogP contribution < -0.4 is 5.32 Å². The summed E-state index contributed by atoms with van der Waals surface area (Å²) in [5.74, 6) is -1.13. The van der Waals surface area contributed by atoms with E-state index in [4.69, 9.17) is 9.84 Å². The number of nitrogens with one attached hydrogen (secondary N) is 1. The first-order valence-electron chi connectivity index (χ1n) is 6.97. The topological polar surface area (TPSA) is 75.6 Å². The van der Waals surface area contributed by atoms with Gasteiger partial charge in [-0.25, -0.2) is 4.79 Å². The van der Waals surface area contributed by atoms with E-state index in [1.54, 1.807) is 0 Å². The number of carbonyl (C=O) groups excluding carboxylic acids is 1. The zero-order chi connectivity index (χ0) is 15.5. The Kier molecular flexibility index (Phi) is 3.78. The van der Waals surface area contributed by atoms with E-state index >= 15 is 0 Å². The van der Waals surface area contributed by atoms with Gasteiger partial charge in [0, 0.05) is 5.92 Å². The molecule has 2 N–H and O–H groups in total. The van der Waals surface area contributed by atoms with E-state index in [1.807, 2.05) is 36.4 Å². The van der Waals surface area contributed by atoms with E-state index in [9.17, 15) is 9.59 Å². The number of fused-ring (bicyclic) bond motifs is 3. The lowest BCUT2D eigenvalue weighted by Crippen LogP contribution is -2.30. The molecular weight excluding hydrogens is 284 g/mol. The summed E-state index contributed by atoms with van der Waals surface area (Å²) in [7, 11) is 0. The van der Waals surface area contributed by atoms with Crippen molar-refractivity contribution in [2.24, 2.45) is 0 Å². The highest BCUT2D eigenvalue weighted by molar-refractivity contribution is 5.79. The molecule has 3 rings (SSSR count). The Morgan fingerprint density at radius 1 is 1.00 bits per heavy atom. The molecule has 0 heterocycles. The van der Waals surface area contributed by atoms with Gasteiger partial charge in [0.1, 0.15) is 13.2 Å². The van der Waals surface area contributed by atoms with Crippen LogP contribution in [-0.4, -0.2) is 30.3 Å². The lowest BCUT2D eigenvalue weighted by atomic mass is 9.98. The second-order valence-corrected chi connectivity index (χ2v) is 5.07. The van der Waals surface area contributed by atoms with Crippen molar-refractivity contribution in [3.8, 4) is 11.1 Å². The van der Waals surface area contributed by atoms with Crippen LogP contribution in [0.15, 0.2) is 48.5 Å². The Morgan fingerprint density at radius 3 is 2.09 bits per heavy atom. The van der Waals surface area contributed by atoms with Crippen molar-refractivity contribution in [1.29, 1.82) is 0 Å². The highest BCUT2D eigenvalue weighted by Gasteiger charge is 2.28. The van der Waals surface area contributed by atoms with E-state index in [0.717, 1.165) is 22.3 Å². The molecule has 0 saturated carbocycles. The minimum atomic E-state index is -1.10. The van der Waals surface area contributed by atoms with Gasteiger partial charge in [0.25, 0.3) is 0 Å². The van der Waals surface area contributed by atoms with Crippen molar-refractivity contribution in [1.82, 2.24) is 5.32 Å². The van der Waals surface area contributed by atoms with E-state index < -0.39 is 18.6 Å². The largest absolute Gasteiger partial charge is 0.480 e. The zero-order valence-corrected chi connectivity index (χ0v) is 11.8. The van der Waals surface area contributed by atoms with Crippen molar-refractivity contribution in [3.63, 3.8) is 0 Å². The van der Waals surface area contributed by atoms with Gasteiger partial charge in [-0.3, -0.25) is 4.79 Å². The van der Waals surface area contributed by atoms with Gasteiger partial charge in [-0.1, -0.05) is 48.5 Å². The maximum absolute atomic E-state index is 11.5. The molecule has 0 fully saturated rings. The molecule has 5 heteroatoms. The van der Waals surface area contributed by atoms with Gasteiger partial charge in [0.05, 0.1) is 0 Å². The number of carboxylic acid groups (broad SMARTS) is 1. The molecule has 2 aromatic carbocycles. The lowest BCUT2D eigenvalue weighted by molar-refractivity contribution is -0.135. The van der Waals surface area contributed by atoms with E-state index in [0.29, 0.717) is 0 Å². The fraction of sp³-hybridized carbons (Fsp3) is 0.176. The Balaban J connectivity index is 1.77. The van der Waals surface area contributed by atoms with Crippen LogP contribution >= 0.6 is 0 Å². The monoisotopic (exact) mass is 299 g/mol. The van der Waals surface area contributed by atoms with Gasteiger partial charge in [-0.15, -0.1) is 0 Å². The molecule has 0 bridgehead atoms. The predicted molar refractivity (Wildman–Crippen MR) is 80.7 cm³/mol. The Morgan fingerprint density at radius 2 is 1.55 bits per heavy atom. The minimum Gasteiger partial charge on any atom is -0.480 e. The first-order valence-corrected chi connectivity index (χ1v) is 6.97. The second-order valence-electron chi connectivity index (χ2n) is 5.07. The SMILES string of the molecule is O=C(N[13CH2][13C](=O)O)OCC1c2ccccc2-c2ccccc21. The molecule has 0 saturated heterocycles. The van der Waals surface area contributed by atoms with Gasteiger partial charge in [-0.05, 0) is 22.3 Å². The molecule has 0 atom stereocenters. The number of amides is 1. The summed E-state index contributed by atoms with van der Waals surface area (Å²) in [6.07, 6.45) is -0.718. The van der Waals surface area contributed by atoms with Gasteiger partial charge in [0.2, 0.25) is 0 Å². The molecule has 112 valence electrons. The fourth-order valence-corrected chi connectivity index (χ4v) is 2.80. The van der Waals surface area contributed by atoms with Crippen LogP contribution in [0.3, 0.4) is 0 Å². The third-order valence-corrected chi connectivity index (χ3v) is 3.73. The predicted octanol–water partition coefficient (Wildman–Crippen LogP) is 2.61. The molecule has 0 spiro atoms. The highest BCUT2D eigenvalue weighted by atomic mass is 16.6. The third kappa shape index (κ3) is 2.65. The van der Waals surface area contributed by atoms with E-state index in [-0.39, 0.29) is 12.5 Å². The number of hydrogen-bond acceptors (Lipinski definition) is 3. The van der Waals surface area contributed by atoms with Crippen molar-refractivity contribution in [2.75, 3.05) is 13.2 Å². The van der Waals surface area contributed by atoms with Crippen LogP contribution in [0.1, 0.15) is 17.0 Å². The van der Waals surface area contributed by atoms with E-state index in [1.165, 1.54) is 0 Å². The van der Waals surface area contributed by atoms with Gasteiger partial charge in [0.15, 0.2) is 0 Å². The Bertz CT molecular complexity index is 681.